The summed E-state index contributed by atoms with van der Waals surface area (Å²) in [4.78, 5) is 23.8. The van der Waals surface area contributed by atoms with Gasteiger partial charge in [0.2, 0.25) is 0 Å². The summed E-state index contributed by atoms with van der Waals surface area (Å²) >= 11 is 0. The molecule has 6 nitrogen and oxygen atoms in total. The molecule has 0 aromatic heterocycles. The monoisotopic (exact) mass is 544 g/mol. The van der Waals surface area contributed by atoms with Crippen molar-refractivity contribution < 1.29 is 29.3 Å². The maximum Gasteiger partial charge on any atom is 0.306 e. The number of rotatable bonds is 24. The van der Waals surface area contributed by atoms with Crippen molar-refractivity contribution in [3.63, 3.8) is 0 Å². The quantitative estimate of drug-likeness (QED) is 0.0576. The molecule has 0 bridgehead atoms. The predicted octanol–water partition coefficient (Wildman–Crippen LogP) is 7.24. The van der Waals surface area contributed by atoms with Crippen LogP contribution in [0.2, 0.25) is 0 Å². The lowest BCUT2D eigenvalue weighted by molar-refractivity contribution is -0.161. The van der Waals surface area contributed by atoms with E-state index in [0.29, 0.717) is 19.3 Å². The molecule has 0 rings (SSSR count). The molecule has 0 heterocycles. The van der Waals surface area contributed by atoms with Gasteiger partial charge in [0.15, 0.2) is 6.10 Å². The summed E-state index contributed by atoms with van der Waals surface area (Å²) in [6.45, 7) is 3.75. The minimum atomic E-state index is -0.812. The highest BCUT2D eigenvalue weighted by Crippen LogP contribution is 2.07. The summed E-state index contributed by atoms with van der Waals surface area (Å²) in [7, 11) is 0. The lowest BCUT2D eigenvalue weighted by Gasteiger charge is -2.15. The fraction of sp³-hybridized carbons (Fsp3) is 0.576. The Morgan fingerprint density at radius 2 is 1.41 bits per heavy atom. The number of unbranched alkanes of at least 4 members (excludes halogenated alkanes) is 4. The Labute approximate surface area is 236 Å². The molecule has 0 amide bonds. The van der Waals surface area contributed by atoms with Crippen molar-refractivity contribution in [2.75, 3.05) is 13.2 Å². The van der Waals surface area contributed by atoms with Gasteiger partial charge < -0.3 is 19.7 Å². The Hall–Kier alpha value is -2.70. The van der Waals surface area contributed by atoms with E-state index in [9.17, 15) is 19.8 Å². The van der Waals surface area contributed by atoms with Gasteiger partial charge in [-0.2, -0.15) is 0 Å². The van der Waals surface area contributed by atoms with Crippen molar-refractivity contribution >= 4 is 11.9 Å². The first-order valence-corrected chi connectivity index (χ1v) is 14.6. The normalized spacial score (nSPS) is 14.1. The summed E-state index contributed by atoms with van der Waals surface area (Å²) in [6.07, 6.45) is 33.1. The van der Waals surface area contributed by atoms with Crippen LogP contribution in [0.15, 0.2) is 72.9 Å². The van der Waals surface area contributed by atoms with Crippen LogP contribution >= 0.6 is 0 Å². The van der Waals surface area contributed by atoms with Gasteiger partial charge in [0.1, 0.15) is 6.61 Å². The Morgan fingerprint density at radius 1 is 0.744 bits per heavy atom. The second-order valence-corrected chi connectivity index (χ2v) is 9.30. The van der Waals surface area contributed by atoms with Gasteiger partial charge in [0.05, 0.1) is 12.7 Å². The molecule has 0 aliphatic carbocycles. The van der Waals surface area contributed by atoms with Crippen molar-refractivity contribution in [3.05, 3.63) is 72.9 Å². The van der Waals surface area contributed by atoms with Gasteiger partial charge in [-0.15, -0.1) is 0 Å². The Morgan fingerprint density at radius 3 is 2.13 bits per heavy atom. The lowest BCUT2D eigenvalue weighted by atomic mass is 10.1. The zero-order chi connectivity index (χ0) is 28.8. The van der Waals surface area contributed by atoms with E-state index in [2.05, 4.69) is 44.2 Å². The number of hydrogen-bond acceptors (Lipinski definition) is 6. The number of esters is 2. The van der Waals surface area contributed by atoms with Crippen molar-refractivity contribution in [2.45, 2.75) is 110 Å². The van der Waals surface area contributed by atoms with Crippen LogP contribution in [-0.4, -0.2) is 47.6 Å². The Balaban J connectivity index is 3.88. The molecular weight excluding hydrogens is 492 g/mol. The first-order valence-electron chi connectivity index (χ1n) is 14.6. The largest absolute Gasteiger partial charge is 0.462 e. The molecule has 0 saturated carbocycles. The molecular formula is C33H52O6. The van der Waals surface area contributed by atoms with E-state index in [1.54, 1.807) is 6.08 Å². The molecule has 39 heavy (non-hydrogen) atoms. The van der Waals surface area contributed by atoms with Gasteiger partial charge in [-0.25, -0.2) is 0 Å². The minimum absolute atomic E-state index is 0.126. The van der Waals surface area contributed by atoms with E-state index in [1.807, 2.05) is 36.5 Å². The number of ether oxygens (including phenoxy) is 2. The van der Waals surface area contributed by atoms with E-state index in [-0.39, 0.29) is 31.6 Å². The highest BCUT2D eigenvalue weighted by atomic mass is 16.6. The van der Waals surface area contributed by atoms with Crippen molar-refractivity contribution in [2.24, 2.45) is 0 Å². The summed E-state index contributed by atoms with van der Waals surface area (Å²) in [5.41, 5.74) is 0. The fourth-order valence-electron chi connectivity index (χ4n) is 3.37. The molecule has 0 aliphatic heterocycles. The SMILES string of the molecule is CC/C=C\C/C=C\CC(O)/C=C/C=C\C/C=C\C/C=C\CCC(=O)OC[C@H](CO)OC(=O)CCCCCCC. The van der Waals surface area contributed by atoms with Crippen molar-refractivity contribution in [1.29, 1.82) is 0 Å². The molecule has 220 valence electrons. The molecule has 0 aromatic rings. The fourth-order valence-corrected chi connectivity index (χ4v) is 3.37. The van der Waals surface area contributed by atoms with Crippen LogP contribution in [-0.2, 0) is 19.1 Å². The third-order valence-corrected chi connectivity index (χ3v) is 5.61. The van der Waals surface area contributed by atoms with Crippen molar-refractivity contribution in [3.8, 4) is 0 Å². The van der Waals surface area contributed by atoms with E-state index >= 15 is 0 Å². The maximum absolute atomic E-state index is 11.9. The minimum Gasteiger partial charge on any atom is -0.462 e. The van der Waals surface area contributed by atoms with Gasteiger partial charge >= 0.3 is 11.9 Å². The molecule has 0 radical (unpaired) electrons. The number of hydrogen-bond donors (Lipinski definition) is 2. The Kier molecular flexibility index (Phi) is 26.4. The molecule has 0 spiro atoms. The summed E-state index contributed by atoms with van der Waals surface area (Å²) < 4.78 is 10.3. The van der Waals surface area contributed by atoms with Crippen LogP contribution in [0.5, 0.6) is 0 Å². The zero-order valence-corrected chi connectivity index (χ0v) is 24.2. The second kappa shape index (κ2) is 28.3. The second-order valence-electron chi connectivity index (χ2n) is 9.30. The summed E-state index contributed by atoms with van der Waals surface area (Å²) in [6, 6.07) is 0. The molecule has 0 aliphatic rings. The van der Waals surface area contributed by atoms with Gasteiger partial charge in [-0.3, -0.25) is 9.59 Å². The zero-order valence-electron chi connectivity index (χ0n) is 24.2. The maximum atomic E-state index is 11.9. The lowest BCUT2D eigenvalue weighted by Crippen LogP contribution is -2.28. The van der Waals surface area contributed by atoms with Gasteiger partial charge in [0.25, 0.3) is 0 Å². The molecule has 2 N–H and O–H groups in total. The summed E-state index contributed by atoms with van der Waals surface area (Å²) in [5, 5.41) is 19.3. The number of carbonyl (C=O) groups excluding carboxylic acids is 2. The molecule has 1 unspecified atom stereocenters. The van der Waals surface area contributed by atoms with E-state index in [4.69, 9.17) is 9.47 Å². The van der Waals surface area contributed by atoms with Crippen LogP contribution in [0.4, 0.5) is 0 Å². The topological polar surface area (TPSA) is 93.1 Å². The average Bonchev–Trinajstić information content (AvgIpc) is 2.93. The van der Waals surface area contributed by atoms with Crippen LogP contribution in [0.3, 0.4) is 0 Å². The number of aliphatic hydroxyl groups is 2. The van der Waals surface area contributed by atoms with Crippen LogP contribution < -0.4 is 0 Å². The third kappa shape index (κ3) is 26.7. The first-order chi connectivity index (χ1) is 19.0. The summed E-state index contributed by atoms with van der Waals surface area (Å²) in [5.74, 6) is -0.745. The molecule has 6 heteroatoms. The highest BCUT2D eigenvalue weighted by molar-refractivity contribution is 5.70. The molecule has 0 fully saturated rings. The average molecular weight is 545 g/mol. The predicted molar refractivity (Wildman–Crippen MR) is 160 cm³/mol. The molecule has 0 aromatic carbocycles. The van der Waals surface area contributed by atoms with E-state index in [0.717, 1.165) is 57.8 Å². The van der Waals surface area contributed by atoms with Gasteiger partial charge in [0, 0.05) is 12.8 Å². The smallest absolute Gasteiger partial charge is 0.306 e. The van der Waals surface area contributed by atoms with Crippen molar-refractivity contribution in [1.82, 2.24) is 0 Å². The van der Waals surface area contributed by atoms with Crippen LogP contribution in [0.25, 0.3) is 0 Å². The standard InChI is InChI=1S/C33H52O6/c1-3-5-7-9-17-20-24-30(35)25-21-18-14-12-10-11-13-15-19-22-26-32(36)38-29-31(28-34)39-33(37)27-23-16-8-6-4-2/h5,7,10-11,14-15,17-21,25,30-31,34-35H,3-4,6,8-9,12-13,16,22-24,26-29H2,1-2H3/b7-5-,11-10-,18-14-,19-15-,20-17-,25-21+/t30?,31-/m0/s1. The highest BCUT2D eigenvalue weighted by Gasteiger charge is 2.15. The van der Waals surface area contributed by atoms with Gasteiger partial charge in [-0.05, 0) is 44.9 Å². The Bertz CT molecular complexity index is 775. The van der Waals surface area contributed by atoms with Crippen LogP contribution in [0.1, 0.15) is 97.3 Å². The van der Waals surface area contributed by atoms with Gasteiger partial charge in [-0.1, -0.05) is 112 Å². The number of carbonyl (C=O) groups is 2. The molecule has 2 atom stereocenters. The van der Waals surface area contributed by atoms with Crippen LogP contribution in [0, 0.1) is 0 Å². The van der Waals surface area contributed by atoms with E-state index < -0.39 is 12.2 Å². The number of allylic oxidation sites excluding steroid dienone is 10. The van der Waals surface area contributed by atoms with E-state index in [1.165, 1.54) is 0 Å². The third-order valence-electron chi connectivity index (χ3n) is 5.61. The molecule has 0 saturated heterocycles. The first kappa shape index (κ1) is 36.3. The number of aliphatic hydroxyl groups excluding tert-OH is 2.